The van der Waals surface area contributed by atoms with Gasteiger partial charge in [-0.15, -0.1) is 0 Å². The molecule has 0 spiro atoms. The number of hydrogen-bond acceptors (Lipinski definition) is 6. The molecular formula is C24H20N4O4. The van der Waals surface area contributed by atoms with E-state index in [-0.39, 0.29) is 22.8 Å². The highest BCUT2D eigenvalue weighted by molar-refractivity contribution is 5.99. The van der Waals surface area contributed by atoms with Gasteiger partial charge in [-0.05, 0) is 38.5 Å². The number of nitrogens with one attached hydrogen (secondary N) is 1. The van der Waals surface area contributed by atoms with Crippen molar-refractivity contribution in [3.05, 3.63) is 69.8 Å². The minimum absolute atomic E-state index is 0.122. The van der Waals surface area contributed by atoms with Crippen LogP contribution in [-0.4, -0.2) is 32.5 Å². The molecule has 0 unspecified atom stereocenters. The van der Waals surface area contributed by atoms with Gasteiger partial charge >= 0.3 is 0 Å². The van der Waals surface area contributed by atoms with E-state index in [1.165, 1.54) is 18.5 Å². The lowest BCUT2D eigenvalue weighted by atomic mass is 10.1. The van der Waals surface area contributed by atoms with Crippen LogP contribution in [-0.2, 0) is 0 Å². The van der Waals surface area contributed by atoms with Gasteiger partial charge in [-0.25, -0.2) is 14.5 Å². The molecule has 0 atom stereocenters. The molecule has 1 N–H and O–H groups in total. The molecule has 5 aromatic rings. The third kappa shape index (κ3) is 2.91. The normalized spacial score (nSPS) is 11.4. The lowest BCUT2D eigenvalue weighted by molar-refractivity contribution is 0.101. The molecule has 0 aliphatic carbocycles. The van der Waals surface area contributed by atoms with Crippen LogP contribution in [0.2, 0.25) is 0 Å². The number of oxazole rings is 1. The van der Waals surface area contributed by atoms with E-state index in [0.29, 0.717) is 33.8 Å². The zero-order chi connectivity index (χ0) is 22.6. The smallest absolute Gasteiger partial charge is 0.285 e. The number of ketones is 1. The molecule has 3 heterocycles. The number of benzene rings is 2. The Bertz CT molecular complexity index is 1580. The summed E-state index contributed by atoms with van der Waals surface area (Å²) in [5.41, 5.74) is 4.82. The van der Waals surface area contributed by atoms with Crippen molar-refractivity contribution in [1.29, 1.82) is 0 Å². The molecule has 160 valence electrons. The molecule has 0 saturated carbocycles. The lowest BCUT2D eigenvalue weighted by Crippen LogP contribution is -2.19. The number of carbonyl (C=O) groups is 1. The first-order valence-corrected chi connectivity index (χ1v) is 10.1. The Labute approximate surface area is 182 Å². The molecule has 8 heteroatoms. The summed E-state index contributed by atoms with van der Waals surface area (Å²) in [5.74, 6) is 0.395. The van der Waals surface area contributed by atoms with Crippen molar-refractivity contribution < 1.29 is 13.9 Å². The van der Waals surface area contributed by atoms with Crippen LogP contribution in [0.25, 0.3) is 39.3 Å². The van der Waals surface area contributed by atoms with Gasteiger partial charge < -0.3 is 9.15 Å². The van der Waals surface area contributed by atoms with E-state index >= 15 is 0 Å². The molecule has 0 aliphatic rings. The number of H-pyrrole nitrogens is 1. The Balaban J connectivity index is 1.76. The Morgan fingerprint density at radius 3 is 2.53 bits per heavy atom. The van der Waals surface area contributed by atoms with E-state index in [1.807, 2.05) is 37.3 Å². The number of aromatic nitrogens is 4. The largest absolute Gasteiger partial charge is 0.494 e. The first kappa shape index (κ1) is 19.7. The molecule has 0 radical (unpaired) electrons. The topological polar surface area (TPSA) is 102 Å². The van der Waals surface area contributed by atoms with Crippen LogP contribution in [0, 0.1) is 13.8 Å². The van der Waals surface area contributed by atoms with Crippen molar-refractivity contribution in [1.82, 2.24) is 19.6 Å². The number of methoxy groups -OCH3 is 1. The summed E-state index contributed by atoms with van der Waals surface area (Å²) in [5, 5.41) is 3.11. The van der Waals surface area contributed by atoms with Crippen LogP contribution in [0.1, 0.15) is 28.7 Å². The Kier molecular flexibility index (Phi) is 4.44. The summed E-state index contributed by atoms with van der Waals surface area (Å²) in [6.45, 7) is 5.12. The molecule has 32 heavy (non-hydrogen) atoms. The van der Waals surface area contributed by atoms with Crippen molar-refractivity contribution in [2.24, 2.45) is 0 Å². The first-order chi connectivity index (χ1) is 15.4. The Morgan fingerprint density at radius 2 is 1.84 bits per heavy atom. The van der Waals surface area contributed by atoms with Gasteiger partial charge in [0.1, 0.15) is 11.3 Å². The van der Waals surface area contributed by atoms with Gasteiger partial charge in [0, 0.05) is 16.8 Å². The number of aryl methyl sites for hydroxylation is 2. The van der Waals surface area contributed by atoms with Crippen molar-refractivity contribution >= 4 is 22.5 Å². The maximum Gasteiger partial charge on any atom is 0.285 e. The van der Waals surface area contributed by atoms with Crippen LogP contribution >= 0.6 is 0 Å². The van der Waals surface area contributed by atoms with Crippen LogP contribution in [0.4, 0.5) is 0 Å². The highest BCUT2D eigenvalue weighted by atomic mass is 16.5. The molecule has 3 aromatic heterocycles. The van der Waals surface area contributed by atoms with Gasteiger partial charge in [0.15, 0.2) is 22.5 Å². The van der Waals surface area contributed by atoms with E-state index in [0.717, 1.165) is 16.8 Å². The second-order valence-electron chi connectivity index (χ2n) is 7.61. The number of hydrogen-bond donors (Lipinski definition) is 1. The van der Waals surface area contributed by atoms with Crippen molar-refractivity contribution in [2.45, 2.75) is 20.8 Å². The maximum absolute atomic E-state index is 13.5. The van der Waals surface area contributed by atoms with Crippen LogP contribution < -0.4 is 10.3 Å². The summed E-state index contributed by atoms with van der Waals surface area (Å²) >= 11 is 0. The number of carbonyl (C=O) groups excluding carboxylic acids is 1. The molecular weight excluding hydrogens is 408 g/mol. The predicted octanol–water partition coefficient (Wildman–Crippen LogP) is 4.33. The molecule has 0 aliphatic heterocycles. The van der Waals surface area contributed by atoms with E-state index in [1.54, 1.807) is 19.1 Å². The average Bonchev–Trinajstić information content (AvgIpc) is 3.34. The fraction of sp³-hybridized carbons (Fsp3) is 0.167. The fourth-order valence-corrected chi connectivity index (χ4v) is 3.95. The van der Waals surface area contributed by atoms with E-state index in [4.69, 9.17) is 14.1 Å². The van der Waals surface area contributed by atoms with Gasteiger partial charge in [-0.1, -0.05) is 30.3 Å². The number of aromatic amines is 1. The Morgan fingerprint density at radius 1 is 1.09 bits per heavy atom. The van der Waals surface area contributed by atoms with Crippen molar-refractivity contribution in [2.75, 3.05) is 7.11 Å². The maximum atomic E-state index is 13.5. The fourth-order valence-electron chi connectivity index (χ4n) is 3.95. The van der Waals surface area contributed by atoms with Crippen LogP contribution in [0.3, 0.4) is 0 Å². The third-order valence-corrected chi connectivity index (χ3v) is 5.51. The number of nitrogens with zero attached hydrogens (tertiary/aromatic N) is 3. The number of rotatable bonds is 4. The van der Waals surface area contributed by atoms with Gasteiger partial charge in [0.2, 0.25) is 5.89 Å². The number of ether oxygens (including phenoxy) is 1. The second-order valence-corrected chi connectivity index (χ2v) is 7.61. The summed E-state index contributed by atoms with van der Waals surface area (Å²) < 4.78 is 12.7. The van der Waals surface area contributed by atoms with Gasteiger partial charge in [-0.2, -0.15) is 0 Å². The number of Topliss-reactive ketones (excluding diaryl/α,β-unsaturated/α-hetero) is 1. The zero-order valence-corrected chi connectivity index (χ0v) is 18.0. The molecule has 0 saturated heterocycles. The zero-order valence-electron chi connectivity index (χ0n) is 18.0. The minimum Gasteiger partial charge on any atom is -0.494 e. The summed E-state index contributed by atoms with van der Waals surface area (Å²) in [6.07, 6.45) is 0. The molecule has 0 fully saturated rings. The highest BCUT2D eigenvalue weighted by Gasteiger charge is 2.23. The Hall–Kier alpha value is -4.20. The van der Waals surface area contributed by atoms with Crippen molar-refractivity contribution in [3.63, 3.8) is 0 Å². The molecule has 2 aromatic carbocycles. The highest BCUT2D eigenvalue weighted by Crippen LogP contribution is 2.32. The summed E-state index contributed by atoms with van der Waals surface area (Å²) in [4.78, 5) is 34.5. The van der Waals surface area contributed by atoms with E-state index in [9.17, 15) is 9.59 Å². The molecule has 0 bridgehead atoms. The quantitative estimate of drug-likeness (QED) is 0.428. The molecule has 8 nitrogen and oxygen atoms in total. The first-order valence-electron chi connectivity index (χ1n) is 10.1. The summed E-state index contributed by atoms with van der Waals surface area (Å²) in [7, 11) is 1.49. The third-order valence-electron chi connectivity index (χ3n) is 5.51. The van der Waals surface area contributed by atoms with E-state index < -0.39 is 0 Å². The second kappa shape index (κ2) is 7.19. The minimum atomic E-state index is -0.324. The summed E-state index contributed by atoms with van der Waals surface area (Å²) in [6, 6.07) is 13.0. The van der Waals surface area contributed by atoms with Gasteiger partial charge in [0.05, 0.1) is 12.8 Å². The number of fused-ring (bicyclic) bond motifs is 2. The van der Waals surface area contributed by atoms with Gasteiger partial charge in [-0.3, -0.25) is 14.7 Å². The standard InChI is InChI=1S/C24H20N4O4/c1-12-20(23-26-21-17(31-4)10-16(14(3)29)11-18(21)32-23)24(30)28-22(25-12)19(13(2)27-28)15-8-6-5-7-9-15/h5-11,27H,1-4H3. The molecule has 0 amide bonds. The van der Waals surface area contributed by atoms with Gasteiger partial charge in [0.25, 0.3) is 5.56 Å². The van der Waals surface area contributed by atoms with E-state index in [2.05, 4.69) is 10.1 Å². The predicted molar refractivity (Wildman–Crippen MR) is 120 cm³/mol. The lowest BCUT2D eigenvalue weighted by Gasteiger charge is -2.04. The SMILES string of the molecule is COc1cc(C(C)=O)cc2oc(-c3c(C)nc4c(-c5ccccc5)c(C)[nH]n4c3=O)nc12. The van der Waals surface area contributed by atoms with Crippen molar-refractivity contribution in [3.8, 4) is 28.3 Å². The van der Waals surface area contributed by atoms with Crippen LogP contribution in [0.5, 0.6) is 5.75 Å². The molecule has 5 rings (SSSR count). The average molecular weight is 428 g/mol. The van der Waals surface area contributed by atoms with Crippen LogP contribution in [0.15, 0.2) is 51.7 Å². The monoisotopic (exact) mass is 428 g/mol.